The van der Waals surface area contributed by atoms with Crippen LogP contribution in [0.4, 0.5) is 0 Å². The van der Waals surface area contributed by atoms with Gasteiger partial charge < -0.3 is 5.73 Å². The summed E-state index contributed by atoms with van der Waals surface area (Å²) < 4.78 is 0. The minimum absolute atomic E-state index is 0.0940. The number of hydrogen-bond donors (Lipinski definition) is 2. The average molecular weight is 294 g/mol. The van der Waals surface area contributed by atoms with Crippen LogP contribution in [0.15, 0.2) is 58.7 Å². The number of nitrogen functional groups attached to an aromatic ring is 1. The smallest absolute Gasteiger partial charge is 0.123 e. The molecule has 5 heteroatoms. The number of amidine groups is 1. The summed E-state index contributed by atoms with van der Waals surface area (Å²) in [4.78, 5) is 9.71. The molecule has 21 heavy (non-hydrogen) atoms. The quantitative estimate of drug-likeness (QED) is 0.441. The third kappa shape index (κ3) is 2.73. The molecule has 0 unspecified atom stereocenters. The number of aryl methyl sites for hydroxylation is 1. The van der Waals surface area contributed by atoms with Crippen LogP contribution in [0, 0.1) is 12.3 Å². The van der Waals surface area contributed by atoms with E-state index in [1.807, 2.05) is 49.4 Å². The Bertz CT molecular complexity index is 824. The molecule has 0 atom stereocenters. The first-order chi connectivity index (χ1) is 10.1. The third-order valence-electron chi connectivity index (χ3n) is 3.21. The highest BCUT2D eigenvalue weighted by molar-refractivity contribution is 7.99. The van der Waals surface area contributed by atoms with E-state index in [0.29, 0.717) is 0 Å². The van der Waals surface area contributed by atoms with Gasteiger partial charge in [-0.05, 0) is 36.8 Å². The summed E-state index contributed by atoms with van der Waals surface area (Å²) in [6.07, 6.45) is 1.58. The Morgan fingerprint density at radius 1 is 1.14 bits per heavy atom. The van der Waals surface area contributed by atoms with Crippen molar-refractivity contribution in [1.82, 2.24) is 9.97 Å². The molecule has 0 spiro atoms. The van der Waals surface area contributed by atoms with Crippen LogP contribution in [0.1, 0.15) is 11.1 Å². The molecule has 3 rings (SSSR count). The number of nitrogens with two attached hydrogens (primary N) is 1. The van der Waals surface area contributed by atoms with Crippen molar-refractivity contribution in [3.8, 4) is 0 Å². The average Bonchev–Trinajstić information content (AvgIpc) is 2.47. The van der Waals surface area contributed by atoms with Gasteiger partial charge in [-0.15, -0.1) is 0 Å². The van der Waals surface area contributed by atoms with Crippen LogP contribution in [-0.4, -0.2) is 15.8 Å². The zero-order valence-corrected chi connectivity index (χ0v) is 12.3. The number of para-hydroxylation sites is 1. The zero-order valence-electron chi connectivity index (χ0n) is 11.5. The number of aromatic nitrogens is 2. The molecule has 2 aromatic carbocycles. The first-order valence-corrected chi connectivity index (χ1v) is 7.29. The van der Waals surface area contributed by atoms with Crippen molar-refractivity contribution in [3.63, 3.8) is 0 Å². The Hall–Kier alpha value is -2.40. The van der Waals surface area contributed by atoms with Crippen molar-refractivity contribution >= 4 is 28.5 Å². The molecule has 3 N–H and O–H groups in total. The molecule has 104 valence electrons. The lowest BCUT2D eigenvalue weighted by atomic mass is 10.1. The van der Waals surface area contributed by atoms with E-state index in [0.717, 1.165) is 32.0 Å². The highest BCUT2D eigenvalue weighted by atomic mass is 32.2. The van der Waals surface area contributed by atoms with Crippen molar-refractivity contribution < 1.29 is 0 Å². The fraction of sp³-hybridized carbons (Fsp3) is 0.0625. The standard InChI is InChI=1S/C16H14N4S/c1-10-8-11(6-7-12(10)15(17)18)21-16-13-4-2-3-5-14(13)19-9-20-16/h2-9H,1H3,(H3,17,18). The fourth-order valence-corrected chi connectivity index (χ4v) is 3.15. The maximum atomic E-state index is 7.53. The van der Waals surface area contributed by atoms with Gasteiger partial charge in [0.25, 0.3) is 0 Å². The van der Waals surface area contributed by atoms with Gasteiger partial charge in [-0.1, -0.05) is 30.0 Å². The Balaban J connectivity index is 1.99. The van der Waals surface area contributed by atoms with E-state index in [1.165, 1.54) is 0 Å². The Labute approximate surface area is 126 Å². The third-order valence-corrected chi connectivity index (χ3v) is 4.22. The number of fused-ring (bicyclic) bond motifs is 1. The van der Waals surface area contributed by atoms with Crippen LogP contribution in [0.25, 0.3) is 10.9 Å². The predicted octanol–water partition coefficient (Wildman–Crippen LogP) is 3.37. The van der Waals surface area contributed by atoms with Crippen molar-refractivity contribution in [2.45, 2.75) is 16.8 Å². The van der Waals surface area contributed by atoms with Gasteiger partial charge in [0.1, 0.15) is 17.2 Å². The first-order valence-electron chi connectivity index (χ1n) is 6.48. The summed E-state index contributed by atoms with van der Waals surface area (Å²) in [5, 5.41) is 9.49. The maximum absolute atomic E-state index is 7.53. The molecule has 0 saturated carbocycles. The molecular formula is C16H14N4S. The van der Waals surface area contributed by atoms with Gasteiger partial charge in [-0.25, -0.2) is 9.97 Å². The number of hydrogen-bond acceptors (Lipinski definition) is 4. The molecule has 0 bridgehead atoms. The van der Waals surface area contributed by atoms with E-state index in [1.54, 1.807) is 18.1 Å². The summed E-state index contributed by atoms with van der Waals surface area (Å²) in [5.74, 6) is 0.0940. The summed E-state index contributed by atoms with van der Waals surface area (Å²) in [5.41, 5.74) is 8.25. The number of benzene rings is 2. The van der Waals surface area contributed by atoms with E-state index in [2.05, 4.69) is 9.97 Å². The van der Waals surface area contributed by atoms with Gasteiger partial charge >= 0.3 is 0 Å². The van der Waals surface area contributed by atoms with Crippen molar-refractivity contribution in [1.29, 1.82) is 5.41 Å². The lowest BCUT2D eigenvalue weighted by Crippen LogP contribution is -2.12. The molecule has 0 aliphatic carbocycles. The molecule has 1 aromatic heterocycles. The molecular weight excluding hydrogens is 280 g/mol. The lowest BCUT2D eigenvalue weighted by molar-refractivity contribution is 1.10. The second-order valence-electron chi connectivity index (χ2n) is 4.69. The maximum Gasteiger partial charge on any atom is 0.123 e. The molecule has 0 saturated heterocycles. The molecule has 0 amide bonds. The number of nitrogens with one attached hydrogen (secondary N) is 1. The molecule has 3 aromatic rings. The van der Waals surface area contributed by atoms with Gasteiger partial charge in [-0.3, -0.25) is 5.41 Å². The van der Waals surface area contributed by atoms with E-state index in [9.17, 15) is 0 Å². The van der Waals surface area contributed by atoms with Crippen molar-refractivity contribution in [2.75, 3.05) is 0 Å². The monoisotopic (exact) mass is 294 g/mol. The second-order valence-corrected chi connectivity index (χ2v) is 5.75. The lowest BCUT2D eigenvalue weighted by Gasteiger charge is -2.08. The van der Waals surface area contributed by atoms with Gasteiger partial charge in [0, 0.05) is 15.8 Å². The second kappa shape index (κ2) is 5.54. The highest BCUT2D eigenvalue weighted by Gasteiger charge is 2.07. The number of nitrogens with zero attached hydrogens (tertiary/aromatic N) is 2. The van der Waals surface area contributed by atoms with E-state index >= 15 is 0 Å². The van der Waals surface area contributed by atoms with Crippen molar-refractivity contribution in [2.24, 2.45) is 5.73 Å². The van der Waals surface area contributed by atoms with Gasteiger partial charge in [0.05, 0.1) is 5.52 Å². The molecule has 0 aliphatic rings. The van der Waals surface area contributed by atoms with Gasteiger partial charge in [0.15, 0.2) is 0 Å². The van der Waals surface area contributed by atoms with Crippen LogP contribution in [0.2, 0.25) is 0 Å². The molecule has 1 heterocycles. The van der Waals surface area contributed by atoms with E-state index < -0.39 is 0 Å². The summed E-state index contributed by atoms with van der Waals surface area (Å²) in [7, 11) is 0. The Morgan fingerprint density at radius 2 is 1.95 bits per heavy atom. The topological polar surface area (TPSA) is 75.7 Å². The minimum atomic E-state index is 0.0940. The Morgan fingerprint density at radius 3 is 2.71 bits per heavy atom. The van der Waals surface area contributed by atoms with Gasteiger partial charge in [0.2, 0.25) is 0 Å². The van der Waals surface area contributed by atoms with Crippen LogP contribution in [0.5, 0.6) is 0 Å². The molecule has 0 radical (unpaired) electrons. The van der Waals surface area contributed by atoms with Crippen molar-refractivity contribution in [3.05, 3.63) is 59.9 Å². The van der Waals surface area contributed by atoms with Gasteiger partial charge in [-0.2, -0.15) is 0 Å². The molecule has 0 fully saturated rings. The minimum Gasteiger partial charge on any atom is -0.384 e. The first kappa shape index (κ1) is 13.6. The largest absolute Gasteiger partial charge is 0.384 e. The Kier molecular flexibility index (Phi) is 3.58. The predicted molar refractivity (Wildman–Crippen MR) is 85.9 cm³/mol. The van der Waals surface area contributed by atoms with E-state index in [-0.39, 0.29) is 5.84 Å². The zero-order chi connectivity index (χ0) is 14.8. The van der Waals surface area contributed by atoms with E-state index in [4.69, 9.17) is 11.1 Å². The van der Waals surface area contributed by atoms with Crippen LogP contribution in [0.3, 0.4) is 0 Å². The molecule has 4 nitrogen and oxygen atoms in total. The number of rotatable bonds is 3. The molecule has 0 aliphatic heterocycles. The highest BCUT2D eigenvalue weighted by Crippen LogP contribution is 2.31. The van der Waals surface area contributed by atoms with Crippen LogP contribution >= 0.6 is 11.8 Å². The SMILES string of the molecule is Cc1cc(Sc2ncnc3ccccc23)ccc1C(=N)N. The normalized spacial score (nSPS) is 10.7. The van der Waals surface area contributed by atoms with Crippen LogP contribution < -0.4 is 5.73 Å². The van der Waals surface area contributed by atoms with Crippen LogP contribution in [-0.2, 0) is 0 Å². The summed E-state index contributed by atoms with van der Waals surface area (Å²) in [6.45, 7) is 1.96. The summed E-state index contributed by atoms with van der Waals surface area (Å²) in [6, 6.07) is 13.8. The summed E-state index contributed by atoms with van der Waals surface area (Å²) >= 11 is 1.59. The fourth-order valence-electron chi connectivity index (χ4n) is 2.17.